The van der Waals surface area contributed by atoms with Crippen LogP contribution in [0.3, 0.4) is 0 Å². The molecule has 1 N–H and O–H groups in total. The molecule has 0 saturated carbocycles. The normalized spacial score (nSPS) is 10.6. The zero-order chi connectivity index (χ0) is 20.5. The first-order valence-corrected chi connectivity index (χ1v) is 9.70. The highest BCUT2D eigenvalue weighted by Gasteiger charge is 2.11. The molecule has 0 fully saturated rings. The molecule has 2 aromatic carbocycles. The number of amides is 2. The molecule has 0 aliphatic carbocycles. The Bertz CT molecular complexity index is 900. The summed E-state index contributed by atoms with van der Waals surface area (Å²) in [6, 6.07) is 16.9. The number of halogens is 1. The van der Waals surface area contributed by atoms with E-state index in [9.17, 15) is 4.79 Å². The number of carbonyl (C=O) groups is 1. The molecular weight excluding hydrogens is 392 g/mol. The molecule has 0 saturated heterocycles. The molecule has 3 rings (SSSR count). The number of hydrogen-bond donors (Lipinski definition) is 1. The van der Waals surface area contributed by atoms with E-state index in [4.69, 9.17) is 20.9 Å². The molecule has 0 aliphatic heterocycles. The number of nitrogens with zero attached hydrogens (tertiary/aromatic N) is 3. The molecular formula is C21H23ClN4O3. The molecule has 0 radical (unpaired) electrons. The summed E-state index contributed by atoms with van der Waals surface area (Å²) in [6.45, 7) is 1.24. The van der Waals surface area contributed by atoms with Crippen LogP contribution in [-0.2, 0) is 19.4 Å². The Morgan fingerprint density at radius 1 is 1.14 bits per heavy atom. The highest BCUT2D eigenvalue weighted by molar-refractivity contribution is 6.30. The average Bonchev–Trinajstić information content (AvgIpc) is 3.20. The van der Waals surface area contributed by atoms with Gasteiger partial charge in [-0.3, -0.25) is 0 Å². The maximum absolute atomic E-state index is 12.2. The van der Waals surface area contributed by atoms with Crippen molar-refractivity contribution in [3.63, 3.8) is 0 Å². The lowest BCUT2D eigenvalue weighted by atomic mass is 10.1. The number of carbonyl (C=O) groups excluding carboxylic acids is 1. The van der Waals surface area contributed by atoms with Crippen LogP contribution in [0, 0.1) is 0 Å². The lowest BCUT2D eigenvalue weighted by molar-refractivity contribution is 0.209. The maximum atomic E-state index is 12.2. The zero-order valence-electron chi connectivity index (χ0n) is 16.2. The van der Waals surface area contributed by atoms with Gasteiger partial charge in [-0.15, -0.1) is 0 Å². The SMILES string of the molecule is CN(CCc1noc(COc2ccc(Cl)cc2)n1)C(=O)NCCc1ccccc1. The van der Waals surface area contributed by atoms with Gasteiger partial charge >= 0.3 is 6.03 Å². The Morgan fingerprint density at radius 2 is 1.90 bits per heavy atom. The number of urea groups is 1. The second-order valence-electron chi connectivity index (χ2n) is 6.49. The fraction of sp³-hybridized carbons (Fsp3) is 0.286. The van der Waals surface area contributed by atoms with Gasteiger partial charge < -0.3 is 19.5 Å². The van der Waals surface area contributed by atoms with Gasteiger partial charge in [0, 0.05) is 31.6 Å². The van der Waals surface area contributed by atoms with E-state index in [2.05, 4.69) is 15.5 Å². The van der Waals surface area contributed by atoms with Crippen LogP contribution < -0.4 is 10.1 Å². The van der Waals surface area contributed by atoms with Crippen molar-refractivity contribution >= 4 is 17.6 Å². The number of ether oxygens (including phenoxy) is 1. The number of rotatable bonds is 9. The van der Waals surface area contributed by atoms with Crippen LogP contribution >= 0.6 is 11.6 Å². The van der Waals surface area contributed by atoms with Gasteiger partial charge in [0.05, 0.1) is 0 Å². The molecule has 7 nitrogen and oxygen atoms in total. The summed E-state index contributed by atoms with van der Waals surface area (Å²) in [5.74, 6) is 1.58. The number of benzene rings is 2. The highest BCUT2D eigenvalue weighted by atomic mass is 35.5. The van der Waals surface area contributed by atoms with E-state index in [-0.39, 0.29) is 12.6 Å². The minimum Gasteiger partial charge on any atom is -0.484 e. The predicted octanol–water partition coefficient (Wildman–Crippen LogP) is 3.73. The summed E-state index contributed by atoms with van der Waals surface area (Å²) in [4.78, 5) is 18.1. The maximum Gasteiger partial charge on any atom is 0.317 e. The third-order valence-corrected chi connectivity index (χ3v) is 4.49. The summed E-state index contributed by atoms with van der Waals surface area (Å²) in [7, 11) is 1.74. The van der Waals surface area contributed by atoms with Gasteiger partial charge in [-0.25, -0.2) is 4.79 Å². The zero-order valence-corrected chi connectivity index (χ0v) is 16.9. The van der Waals surface area contributed by atoms with Crippen molar-refractivity contribution in [1.82, 2.24) is 20.4 Å². The van der Waals surface area contributed by atoms with Crippen LogP contribution in [-0.4, -0.2) is 41.2 Å². The van der Waals surface area contributed by atoms with E-state index in [1.54, 1.807) is 36.2 Å². The lowest BCUT2D eigenvalue weighted by Gasteiger charge is -2.17. The second-order valence-corrected chi connectivity index (χ2v) is 6.92. The topological polar surface area (TPSA) is 80.5 Å². The highest BCUT2D eigenvalue weighted by Crippen LogP contribution is 2.16. The number of hydrogen-bond acceptors (Lipinski definition) is 5. The van der Waals surface area contributed by atoms with Crippen molar-refractivity contribution in [2.75, 3.05) is 20.1 Å². The standard InChI is InChI=1S/C21H23ClN4O3/c1-26(21(27)23-13-11-16-5-3-2-4-6-16)14-12-19-24-20(29-25-19)15-28-18-9-7-17(22)8-10-18/h2-10H,11-15H2,1H3,(H,23,27). The first kappa shape index (κ1) is 20.7. The Morgan fingerprint density at radius 3 is 2.66 bits per heavy atom. The monoisotopic (exact) mass is 414 g/mol. The van der Waals surface area contributed by atoms with Crippen LogP contribution in [0.15, 0.2) is 59.1 Å². The van der Waals surface area contributed by atoms with Gasteiger partial charge in [0.2, 0.25) is 0 Å². The first-order chi connectivity index (χ1) is 14.1. The molecule has 0 unspecified atom stereocenters. The predicted molar refractivity (Wildman–Crippen MR) is 110 cm³/mol. The van der Waals surface area contributed by atoms with Crippen LogP contribution in [0.2, 0.25) is 5.02 Å². The van der Waals surface area contributed by atoms with Crippen LogP contribution in [0.5, 0.6) is 5.75 Å². The Labute approximate surface area is 174 Å². The van der Waals surface area contributed by atoms with Gasteiger partial charge in [0.25, 0.3) is 5.89 Å². The lowest BCUT2D eigenvalue weighted by Crippen LogP contribution is -2.39. The molecule has 3 aromatic rings. The molecule has 0 spiro atoms. The molecule has 29 heavy (non-hydrogen) atoms. The summed E-state index contributed by atoms with van der Waals surface area (Å²) in [6.07, 6.45) is 1.29. The molecule has 0 bridgehead atoms. The van der Waals surface area contributed by atoms with Crippen molar-refractivity contribution in [3.8, 4) is 5.75 Å². The minimum absolute atomic E-state index is 0.129. The van der Waals surface area contributed by atoms with Gasteiger partial charge in [-0.05, 0) is 36.2 Å². The van der Waals surface area contributed by atoms with Gasteiger partial charge in [0.15, 0.2) is 12.4 Å². The second kappa shape index (κ2) is 10.5. The molecule has 8 heteroatoms. The van der Waals surface area contributed by atoms with Crippen molar-refractivity contribution in [2.24, 2.45) is 0 Å². The smallest absolute Gasteiger partial charge is 0.317 e. The fourth-order valence-corrected chi connectivity index (χ4v) is 2.71. The molecule has 152 valence electrons. The van der Waals surface area contributed by atoms with E-state index < -0.39 is 0 Å². The molecule has 0 atom stereocenters. The Hall–Kier alpha value is -3.06. The van der Waals surface area contributed by atoms with Crippen LogP contribution in [0.4, 0.5) is 4.79 Å². The number of likely N-dealkylation sites (N-methyl/N-ethyl adjacent to an activating group) is 1. The molecule has 2 amide bonds. The van der Waals surface area contributed by atoms with Crippen molar-refractivity contribution in [3.05, 3.63) is 76.9 Å². The number of nitrogens with one attached hydrogen (secondary N) is 1. The fourth-order valence-electron chi connectivity index (χ4n) is 2.59. The summed E-state index contributed by atoms with van der Waals surface area (Å²) in [5, 5.41) is 7.48. The van der Waals surface area contributed by atoms with E-state index in [0.29, 0.717) is 42.0 Å². The van der Waals surface area contributed by atoms with E-state index in [1.165, 1.54) is 5.56 Å². The van der Waals surface area contributed by atoms with Crippen molar-refractivity contribution < 1.29 is 14.1 Å². The van der Waals surface area contributed by atoms with Crippen molar-refractivity contribution in [1.29, 1.82) is 0 Å². The third-order valence-electron chi connectivity index (χ3n) is 4.24. The van der Waals surface area contributed by atoms with Crippen molar-refractivity contribution in [2.45, 2.75) is 19.4 Å². The summed E-state index contributed by atoms with van der Waals surface area (Å²) >= 11 is 5.84. The van der Waals surface area contributed by atoms with Crippen LogP contribution in [0.1, 0.15) is 17.3 Å². The Kier molecular flexibility index (Phi) is 7.47. The molecule has 1 heterocycles. The largest absolute Gasteiger partial charge is 0.484 e. The quantitative estimate of drug-likeness (QED) is 0.577. The molecule has 0 aliphatic rings. The van der Waals surface area contributed by atoms with E-state index in [1.807, 2.05) is 30.3 Å². The average molecular weight is 415 g/mol. The third kappa shape index (κ3) is 6.80. The van der Waals surface area contributed by atoms with E-state index >= 15 is 0 Å². The van der Waals surface area contributed by atoms with E-state index in [0.717, 1.165) is 6.42 Å². The van der Waals surface area contributed by atoms with Gasteiger partial charge in [-0.2, -0.15) is 4.98 Å². The Balaban J connectivity index is 1.36. The van der Waals surface area contributed by atoms with Gasteiger partial charge in [0.1, 0.15) is 5.75 Å². The summed E-state index contributed by atoms with van der Waals surface area (Å²) in [5.41, 5.74) is 1.19. The molecule has 1 aromatic heterocycles. The minimum atomic E-state index is -0.129. The first-order valence-electron chi connectivity index (χ1n) is 9.33. The van der Waals surface area contributed by atoms with Crippen LogP contribution in [0.25, 0.3) is 0 Å². The summed E-state index contributed by atoms with van der Waals surface area (Å²) < 4.78 is 10.8. The number of aromatic nitrogens is 2. The van der Waals surface area contributed by atoms with Gasteiger partial charge in [-0.1, -0.05) is 47.1 Å².